The van der Waals surface area contributed by atoms with Crippen LogP contribution >= 0.6 is 11.8 Å². The van der Waals surface area contributed by atoms with Crippen molar-refractivity contribution in [2.45, 2.75) is 19.1 Å². The fourth-order valence-corrected chi connectivity index (χ4v) is 2.65. The first kappa shape index (κ1) is 20.5. The molecule has 8 nitrogen and oxygen atoms in total. The van der Waals surface area contributed by atoms with Crippen LogP contribution in [0.25, 0.3) is 0 Å². The molecule has 1 N–H and O–H groups in total. The van der Waals surface area contributed by atoms with E-state index < -0.39 is 11.2 Å². The van der Waals surface area contributed by atoms with Gasteiger partial charge in [-0.1, -0.05) is 5.16 Å². The highest BCUT2D eigenvalue weighted by Gasteiger charge is 2.18. The van der Waals surface area contributed by atoms with Gasteiger partial charge in [0.15, 0.2) is 18.2 Å². The molecule has 1 atom stereocenters. The highest BCUT2D eigenvalue weighted by Crippen LogP contribution is 2.15. The number of anilines is 1. The highest BCUT2D eigenvalue weighted by molar-refractivity contribution is 8.01. The summed E-state index contributed by atoms with van der Waals surface area (Å²) in [6.07, 6.45) is 0. The molecule has 2 rings (SSSR count). The third-order valence-corrected chi connectivity index (χ3v) is 4.59. The molecule has 0 saturated carbocycles. The second-order valence-electron chi connectivity index (χ2n) is 5.58. The lowest BCUT2D eigenvalue weighted by atomic mass is 10.1. The van der Waals surface area contributed by atoms with Gasteiger partial charge in [-0.2, -0.15) is 0 Å². The van der Waals surface area contributed by atoms with Crippen LogP contribution in [0.15, 0.2) is 34.9 Å². The van der Waals surface area contributed by atoms with E-state index in [2.05, 4.69) is 10.5 Å². The Balaban J connectivity index is 1.71. The average Bonchev–Trinajstić information content (AvgIpc) is 3.08. The number of methoxy groups -OCH3 is 1. The number of benzene rings is 1. The summed E-state index contributed by atoms with van der Waals surface area (Å²) in [5.74, 6) is 0.279. The van der Waals surface area contributed by atoms with E-state index in [1.807, 2.05) is 0 Å². The maximum absolute atomic E-state index is 12.0. The van der Waals surface area contributed by atoms with Gasteiger partial charge in [-0.05, 0) is 38.1 Å². The minimum Gasteiger partial charge on any atom is -0.497 e. The summed E-state index contributed by atoms with van der Waals surface area (Å²) in [7, 11) is 1.53. The molecule has 1 heterocycles. The first-order valence-electron chi connectivity index (χ1n) is 8.07. The Labute approximate surface area is 160 Å². The molecule has 9 heteroatoms. The van der Waals surface area contributed by atoms with Gasteiger partial charge in [0, 0.05) is 11.6 Å². The quantitative estimate of drug-likeness (QED) is 0.512. The van der Waals surface area contributed by atoms with Crippen LogP contribution in [0.4, 0.5) is 5.82 Å². The molecule has 0 spiro atoms. The SMILES string of the molecule is COc1ccc(C(=O)COC(=O)CS[C@@H](C)C(=O)Nc2cc(C)on2)cc1. The second kappa shape index (κ2) is 9.77. The van der Waals surface area contributed by atoms with Gasteiger partial charge < -0.3 is 19.3 Å². The van der Waals surface area contributed by atoms with Crippen molar-refractivity contribution in [1.29, 1.82) is 0 Å². The van der Waals surface area contributed by atoms with Gasteiger partial charge in [-0.25, -0.2) is 0 Å². The van der Waals surface area contributed by atoms with Crippen molar-refractivity contribution in [3.8, 4) is 5.75 Å². The molecule has 1 aromatic heterocycles. The number of aromatic nitrogens is 1. The first-order valence-corrected chi connectivity index (χ1v) is 9.12. The predicted octanol–water partition coefficient (Wildman–Crippen LogP) is 2.48. The average molecular weight is 392 g/mol. The molecule has 27 heavy (non-hydrogen) atoms. The number of aryl methyl sites for hydroxylation is 1. The molecule has 0 radical (unpaired) electrons. The van der Waals surface area contributed by atoms with Gasteiger partial charge in [0.1, 0.15) is 11.5 Å². The number of Topliss-reactive ketones (excluding diaryl/α,β-unsaturated/α-hetero) is 1. The van der Waals surface area contributed by atoms with Crippen molar-refractivity contribution in [3.05, 3.63) is 41.7 Å². The minimum absolute atomic E-state index is 0.0533. The Hall–Kier alpha value is -2.81. The van der Waals surface area contributed by atoms with Crippen LogP contribution in [0.5, 0.6) is 5.75 Å². The summed E-state index contributed by atoms with van der Waals surface area (Å²) in [6.45, 7) is 3.01. The molecule has 0 saturated heterocycles. The highest BCUT2D eigenvalue weighted by atomic mass is 32.2. The van der Waals surface area contributed by atoms with E-state index in [-0.39, 0.29) is 24.1 Å². The zero-order valence-corrected chi connectivity index (χ0v) is 16.0. The number of amides is 1. The third kappa shape index (κ3) is 6.45. The van der Waals surface area contributed by atoms with Gasteiger partial charge in [0.2, 0.25) is 5.91 Å². The Kier molecular flexibility index (Phi) is 7.42. The molecule has 1 aromatic carbocycles. The molecule has 0 fully saturated rings. The van der Waals surface area contributed by atoms with Crippen LogP contribution in [-0.2, 0) is 14.3 Å². The molecule has 0 unspecified atom stereocenters. The van der Waals surface area contributed by atoms with Gasteiger partial charge in [-0.15, -0.1) is 11.8 Å². The van der Waals surface area contributed by atoms with E-state index in [9.17, 15) is 14.4 Å². The van der Waals surface area contributed by atoms with Crippen LogP contribution in [0.2, 0.25) is 0 Å². The summed E-state index contributed by atoms with van der Waals surface area (Å²) >= 11 is 1.10. The van der Waals surface area contributed by atoms with Crippen molar-refractivity contribution in [1.82, 2.24) is 5.16 Å². The maximum atomic E-state index is 12.0. The summed E-state index contributed by atoms with van der Waals surface area (Å²) in [5.41, 5.74) is 0.423. The van der Waals surface area contributed by atoms with Crippen molar-refractivity contribution in [2.24, 2.45) is 0 Å². The van der Waals surface area contributed by atoms with E-state index in [1.54, 1.807) is 44.2 Å². The number of esters is 1. The van der Waals surface area contributed by atoms with Crippen LogP contribution in [0.3, 0.4) is 0 Å². The smallest absolute Gasteiger partial charge is 0.316 e. The van der Waals surface area contributed by atoms with E-state index in [4.69, 9.17) is 14.0 Å². The van der Waals surface area contributed by atoms with Crippen LogP contribution in [0.1, 0.15) is 23.0 Å². The Morgan fingerprint density at radius 3 is 2.56 bits per heavy atom. The van der Waals surface area contributed by atoms with Gasteiger partial charge in [0.25, 0.3) is 0 Å². The monoisotopic (exact) mass is 392 g/mol. The third-order valence-electron chi connectivity index (χ3n) is 3.48. The van der Waals surface area contributed by atoms with Gasteiger partial charge in [-0.3, -0.25) is 14.4 Å². The van der Waals surface area contributed by atoms with E-state index in [1.165, 1.54) is 7.11 Å². The molecular formula is C18H20N2O6S. The summed E-state index contributed by atoms with van der Waals surface area (Å²) in [6, 6.07) is 8.10. The molecule has 144 valence electrons. The van der Waals surface area contributed by atoms with E-state index >= 15 is 0 Å². The number of nitrogens with one attached hydrogen (secondary N) is 1. The maximum Gasteiger partial charge on any atom is 0.316 e. The number of nitrogens with zero attached hydrogens (tertiary/aromatic N) is 1. The zero-order chi connectivity index (χ0) is 19.8. The molecule has 0 aliphatic heterocycles. The van der Waals surface area contributed by atoms with Crippen molar-refractivity contribution in [2.75, 3.05) is 24.8 Å². The van der Waals surface area contributed by atoms with Crippen molar-refractivity contribution >= 4 is 35.2 Å². The number of ketones is 1. The van der Waals surface area contributed by atoms with Gasteiger partial charge >= 0.3 is 5.97 Å². The van der Waals surface area contributed by atoms with Crippen LogP contribution in [0, 0.1) is 6.92 Å². The molecule has 0 bridgehead atoms. The van der Waals surface area contributed by atoms with E-state index in [0.29, 0.717) is 22.9 Å². The molecule has 0 aliphatic carbocycles. The number of thioether (sulfide) groups is 1. The Morgan fingerprint density at radius 1 is 1.26 bits per heavy atom. The normalized spacial score (nSPS) is 11.5. The molecule has 0 aliphatic rings. The number of hydrogen-bond acceptors (Lipinski definition) is 8. The topological polar surface area (TPSA) is 108 Å². The summed E-state index contributed by atoms with van der Waals surface area (Å²) in [5, 5.41) is 5.75. The largest absolute Gasteiger partial charge is 0.497 e. The summed E-state index contributed by atoms with van der Waals surface area (Å²) in [4.78, 5) is 35.8. The number of carbonyl (C=O) groups is 3. The minimum atomic E-state index is -0.571. The second-order valence-corrected chi connectivity index (χ2v) is 6.91. The fourth-order valence-electron chi connectivity index (χ4n) is 1.97. The molecular weight excluding hydrogens is 372 g/mol. The Morgan fingerprint density at radius 2 is 1.96 bits per heavy atom. The standard InChI is InChI=1S/C18H20N2O6S/c1-11-8-16(20-26-11)19-18(23)12(2)27-10-17(22)25-9-15(21)13-4-6-14(24-3)7-5-13/h4-8,12H,9-10H2,1-3H3,(H,19,20,23)/t12-/m0/s1. The lowest BCUT2D eigenvalue weighted by Gasteiger charge is -2.10. The Bertz CT molecular complexity index is 802. The number of rotatable bonds is 9. The molecule has 2 aromatic rings. The van der Waals surface area contributed by atoms with Crippen molar-refractivity contribution in [3.63, 3.8) is 0 Å². The van der Waals surface area contributed by atoms with E-state index in [0.717, 1.165) is 11.8 Å². The van der Waals surface area contributed by atoms with Gasteiger partial charge in [0.05, 0.1) is 18.1 Å². The number of ether oxygens (including phenoxy) is 2. The predicted molar refractivity (Wildman–Crippen MR) is 100 cm³/mol. The van der Waals surface area contributed by atoms with Crippen LogP contribution in [-0.4, -0.2) is 47.5 Å². The number of carbonyl (C=O) groups excluding carboxylic acids is 3. The fraction of sp³-hybridized carbons (Fsp3) is 0.333. The van der Waals surface area contributed by atoms with Crippen LogP contribution < -0.4 is 10.1 Å². The lowest BCUT2D eigenvalue weighted by molar-refractivity contribution is -0.139. The summed E-state index contributed by atoms with van der Waals surface area (Å²) < 4.78 is 14.8. The van der Waals surface area contributed by atoms with Crippen molar-refractivity contribution < 1.29 is 28.4 Å². The first-order chi connectivity index (χ1) is 12.9. The zero-order valence-electron chi connectivity index (χ0n) is 15.2. The lowest BCUT2D eigenvalue weighted by Crippen LogP contribution is -2.24. The number of hydrogen-bond donors (Lipinski definition) is 1. The molecule has 1 amide bonds.